The molecule has 0 spiro atoms. The van der Waals surface area contributed by atoms with Gasteiger partial charge in [-0.25, -0.2) is 9.87 Å². The highest BCUT2D eigenvalue weighted by Gasteiger charge is 2.06. The van der Waals surface area contributed by atoms with E-state index in [0.717, 1.165) is 16.5 Å². The van der Waals surface area contributed by atoms with Gasteiger partial charge in [0.1, 0.15) is 5.82 Å². The van der Waals surface area contributed by atoms with Crippen molar-refractivity contribution < 1.29 is 14.4 Å². The average Bonchev–Trinajstić information content (AvgIpc) is 2.89. The van der Waals surface area contributed by atoms with Crippen LogP contribution in [-0.4, -0.2) is 15.7 Å². The molecule has 21 heavy (non-hydrogen) atoms. The Morgan fingerprint density at radius 3 is 2.62 bits per heavy atom. The molecule has 106 valence electrons. The molecule has 0 bridgehead atoms. The van der Waals surface area contributed by atoms with Crippen LogP contribution >= 0.6 is 0 Å². The smallest absolute Gasteiger partial charge is 0.274 e. The van der Waals surface area contributed by atoms with Crippen molar-refractivity contribution in [2.75, 3.05) is 0 Å². The number of rotatable bonds is 3. The molecule has 5 heteroatoms. The summed E-state index contributed by atoms with van der Waals surface area (Å²) in [5.41, 5.74) is 3.77. The van der Waals surface area contributed by atoms with Crippen LogP contribution in [-0.2, 0) is 6.54 Å². The molecule has 3 aromatic rings. The minimum Gasteiger partial charge on any atom is -0.343 e. The summed E-state index contributed by atoms with van der Waals surface area (Å²) in [6, 6.07) is 13.5. The number of carbonyl (C=O) groups is 1. The van der Waals surface area contributed by atoms with E-state index in [1.807, 2.05) is 16.8 Å². The molecule has 0 aliphatic carbocycles. The maximum Gasteiger partial charge on any atom is 0.274 e. The third-order valence-electron chi connectivity index (χ3n) is 3.41. The third-order valence-corrected chi connectivity index (χ3v) is 3.41. The molecular weight excluding hydrogens is 271 g/mol. The highest BCUT2D eigenvalue weighted by Crippen LogP contribution is 2.18. The molecule has 0 radical (unpaired) electrons. The van der Waals surface area contributed by atoms with Crippen molar-refractivity contribution in [2.45, 2.75) is 6.54 Å². The van der Waals surface area contributed by atoms with Gasteiger partial charge in [0, 0.05) is 18.3 Å². The van der Waals surface area contributed by atoms with Gasteiger partial charge in [0.25, 0.3) is 5.91 Å². The Morgan fingerprint density at radius 1 is 1.14 bits per heavy atom. The summed E-state index contributed by atoms with van der Waals surface area (Å²) >= 11 is 0. The second-order valence-electron chi connectivity index (χ2n) is 4.78. The van der Waals surface area contributed by atoms with E-state index in [1.54, 1.807) is 35.8 Å². The summed E-state index contributed by atoms with van der Waals surface area (Å²) < 4.78 is 15.3. The number of nitrogens with zero attached hydrogens (tertiary/aromatic N) is 1. The lowest BCUT2D eigenvalue weighted by Gasteiger charge is -2.07. The Kier molecular flexibility index (Phi) is 3.41. The summed E-state index contributed by atoms with van der Waals surface area (Å²) in [6.07, 6.45) is 1.90. The molecule has 0 atom stereocenters. The topological polar surface area (TPSA) is 54.3 Å². The summed E-state index contributed by atoms with van der Waals surface area (Å²) in [5, 5.41) is 9.55. The number of halogens is 1. The lowest BCUT2D eigenvalue weighted by molar-refractivity contribution is 0.0706. The molecule has 0 saturated heterocycles. The van der Waals surface area contributed by atoms with Gasteiger partial charge in [-0.2, -0.15) is 0 Å². The van der Waals surface area contributed by atoms with Crippen molar-refractivity contribution in [3.8, 4) is 0 Å². The number of benzene rings is 2. The Morgan fingerprint density at radius 2 is 1.90 bits per heavy atom. The molecule has 1 heterocycles. The molecule has 4 nitrogen and oxygen atoms in total. The maximum absolute atomic E-state index is 13.3. The molecular formula is C16H13FN2O2. The van der Waals surface area contributed by atoms with Crippen LogP contribution in [0.5, 0.6) is 0 Å². The average molecular weight is 284 g/mol. The molecule has 1 amide bonds. The van der Waals surface area contributed by atoms with E-state index in [2.05, 4.69) is 0 Å². The number of hydrogen-bond acceptors (Lipinski definition) is 2. The van der Waals surface area contributed by atoms with Crippen LogP contribution in [0.25, 0.3) is 10.9 Å². The van der Waals surface area contributed by atoms with Crippen molar-refractivity contribution in [3.63, 3.8) is 0 Å². The molecule has 0 saturated carbocycles. The highest BCUT2D eigenvalue weighted by molar-refractivity contribution is 5.93. The summed E-state index contributed by atoms with van der Waals surface area (Å²) in [6.45, 7) is 0.577. The standard InChI is InChI=1S/C16H13FN2O2/c17-14-6-5-12-7-8-19(15(12)9-14)10-11-1-3-13(4-2-11)16(20)18-21/h1-9,21H,10H2,(H,18,20). The Labute approximate surface area is 120 Å². The summed E-state index contributed by atoms with van der Waals surface area (Å²) in [7, 11) is 0. The minimum absolute atomic E-state index is 0.266. The first-order valence-corrected chi connectivity index (χ1v) is 6.45. The van der Waals surface area contributed by atoms with E-state index in [0.29, 0.717) is 12.1 Å². The van der Waals surface area contributed by atoms with Crippen molar-refractivity contribution in [1.29, 1.82) is 0 Å². The minimum atomic E-state index is -0.546. The van der Waals surface area contributed by atoms with E-state index >= 15 is 0 Å². The second-order valence-corrected chi connectivity index (χ2v) is 4.78. The van der Waals surface area contributed by atoms with Crippen LogP contribution in [0.4, 0.5) is 4.39 Å². The van der Waals surface area contributed by atoms with Gasteiger partial charge in [0.15, 0.2) is 0 Å². The van der Waals surface area contributed by atoms with Gasteiger partial charge in [0.05, 0.1) is 5.52 Å². The van der Waals surface area contributed by atoms with Crippen LogP contribution in [0, 0.1) is 5.82 Å². The number of nitrogens with one attached hydrogen (secondary N) is 1. The summed E-state index contributed by atoms with van der Waals surface area (Å²) in [5.74, 6) is -0.813. The molecule has 1 aromatic heterocycles. The van der Waals surface area contributed by atoms with Gasteiger partial charge >= 0.3 is 0 Å². The SMILES string of the molecule is O=C(NO)c1ccc(Cn2ccc3ccc(F)cc32)cc1. The molecule has 3 rings (SSSR count). The number of aromatic nitrogens is 1. The van der Waals surface area contributed by atoms with Crippen molar-refractivity contribution >= 4 is 16.8 Å². The molecule has 2 aromatic carbocycles. The van der Waals surface area contributed by atoms with Crippen molar-refractivity contribution in [1.82, 2.24) is 10.0 Å². The van der Waals surface area contributed by atoms with Crippen LogP contribution < -0.4 is 5.48 Å². The van der Waals surface area contributed by atoms with Crippen LogP contribution in [0.3, 0.4) is 0 Å². The first kappa shape index (κ1) is 13.3. The zero-order valence-corrected chi connectivity index (χ0v) is 11.1. The Hall–Kier alpha value is -2.66. The van der Waals surface area contributed by atoms with Crippen LogP contribution in [0.1, 0.15) is 15.9 Å². The normalized spacial score (nSPS) is 10.8. The number of fused-ring (bicyclic) bond motifs is 1. The number of hydroxylamine groups is 1. The predicted octanol–water partition coefficient (Wildman–Crippen LogP) is 2.95. The van der Waals surface area contributed by atoms with E-state index in [4.69, 9.17) is 5.21 Å². The number of hydrogen-bond donors (Lipinski definition) is 2. The zero-order valence-electron chi connectivity index (χ0n) is 11.1. The fourth-order valence-electron chi connectivity index (χ4n) is 2.32. The maximum atomic E-state index is 13.3. The monoisotopic (exact) mass is 284 g/mol. The van der Waals surface area contributed by atoms with Crippen LogP contribution in [0.15, 0.2) is 54.7 Å². The lowest BCUT2D eigenvalue weighted by Crippen LogP contribution is -2.18. The number of carbonyl (C=O) groups excluding carboxylic acids is 1. The molecule has 0 aliphatic heterocycles. The van der Waals surface area contributed by atoms with E-state index in [9.17, 15) is 9.18 Å². The fourth-order valence-corrected chi connectivity index (χ4v) is 2.32. The fraction of sp³-hybridized carbons (Fsp3) is 0.0625. The first-order valence-electron chi connectivity index (χ1n) is 6.45. The van der Waals surface area contributed by atoms with Crippen LogP contribution in [0.2, 0.25) is 0 Å². The summed E-state index contributed by atoms with van der Waals surface area (Å²) in [4.78, 5) is 11.2. The van der Waals surface area contributed by atoms with Gasteiger partial charge < -0.3 is 4.57 Å². The largest absolute Gasteiger partial charge is 0.343 e. The third kappa shape index (κ3) is 2.64. The molecule has 0 fully saturated rings. The van der Waals surface area contributed by atoms with Crippen molar-refractivity contribution in [2.24, 2.45) is 0 Å². The Balaban J connectivity index is 1.88. The first-order chi connectivity index (χ1) is 10.2. The molecule has 0 aliphatic rings. The second kappa shape index (κ2) is 5.38. The molecule has 2 N–H and O–H groups in total. The van der Waals surface area contributed by atoms with Gasteiger partial charge in [-0.05, 0) is 47.3 Å². The number of amides is 1. The molecule has 0 unspecified atom stereocenters. The van der Waals surface area contributed by atoms with Crippen molar-refractivity contribution in [3.05, 3.63) is 71.7 Å². The lowest BCUT2D eigenvalue weighted by atomic mass is 10.1. The zero-order chi connectivity index (χ0) is 14.8. The van der Waals surface area contributed by atoms with E-state index < -0.39 is 5.91 Å². The van der Waals surface area contributed by atoms with E-state index in [-0.39, 0.29) is 5.82 Å². The highest BCUT2D eigenvalue weighted by atomic mass is 19.1. The Bertz CT molecular complexity index is 794. The van der Waals surface area contributed by atoms with Gasteiger partial charge in [-0.1, -0.05) is 12.1 Å². The predicted molar refractivity (Wildman–Crippen MR) is 76.7 cm³/mol. The van der Waals surface area contributed by atoms with Gasteiger partial charge in [-0.3, -0.25) is 10.0 Å². The van der Waals surface area contributed by atoms with Gasteiger partial charge in [0.2, 0.25) is 0 Å². The van der Waals surface area contributed by atoms with Gasteiger partial charge in [-0.15, -0.1) is 0 Å². The van der Waals surface area contributed by atoms with E-state index in [1.165, 1.54) is 12.1 Å². The quantitative estimate of drug-likeness (QED) is 0.574.